The fraction of sp³-hybridized carbons (Fsp3) is 0.818. The Kier molecular flexibility index (Phi) is 9.95. The van der Waals surface area contributed by atoms with Crippen molar-refractivity contribution in [2.24, 2.45) is 5.92 Å². The Bertz CT molecular complexity index is 236. The highest BCUT2D eigenvalue weighted by Crippen LogP contribution is 2.07. The van der Waals surface area contributed by atoms with E-state index in [0.717, 1.165) is 17.9 Å². The van der Waals surface area contributed by atoms with Crippen LogP contribution in [0.15, 0.2) is 0 Å². The highest BCUT2D eigenvalue weighted by Gasteiger charge is 2.11. The molecule has 0 aromatic heterocycles. The number of amides is 1. The largest absolute Gasteiger partial charge is 0.481 e. The van der Waals surface area contributed by atoms with Crippen LogP contribution in [0.1, 0.15) is 26.2 Å². The standard InChI is InChI=1S/C11H21NO4S/c1-9(8-11(15)16)7-10(14)12-3-6-17-5-2-4-13/h9,13H,2-8H2,1H3,(H,12,14)(H,15,16). The first-order valence-electron chi connectivity index (χ1n) is 5.73. The number of rotatable bonds is 10. The zero-order valence-corrected chi connectivity index (χ0v) is 11.0. The molecule has 0 saturated heterocycles. The minimum atomic E-state index is -0.871. The van der Waals surface area contributed by atoms with Crippen LogP contribution >= 0.6 is 11.8 Å². The zero-order valence-electron chi connectivity index (χ0n) is 10.1. The molecule has 0 aliphatic heterocycles. The third kappa shape index (κ3) is 11.5. The average molecular weight is 263 g/mol. The summed E-state index contributed by atoms with van der Waals surface area (Å²) >= 11 is 1.68. The lowest BCUT2D eigenvalue weighted by molar-refractivity contribution is -0.138. The van der Waals surface area contributed by atoms with Gasteiger partial charge in [0.2, 0.25) is 5.91 Å². The highest BCUT2D eigenvalue weighted by molar-refractivity contribution is 7.99. The van der Waals surface area contributed by atoms with Gasteiger partial charge in [0.15, 0.2) is 0 Å². The van der Waals surface area contributed by atoms with Crippen LogP contribution in [-0.2, 0) is 9.59 Å². The number of thioether (sulfide) groups is 1. The lowest BCUT2D eigenvalue weighted by Crippen LogP contribution is -2.27. The number of aliphatic carboxylic acids is 1. The number of carbonyl (C=O) groups is 2. The molecule has 0 radical (unpaired) electrons. The maximum absolute atomic E-state index is 11.4. The normalized spacial score (nSPS) is 12.1. The molecule has 0 saturated carbocycles. The number of nitrogens with one attached hydrogen (secondary N) is 1. The minimum absolute atomic E-state index is 0.0265. The second-order valence-corrected chi connectivity index (χ2v) is 5.17. The number of carboxylic acid groups (broad SMARTS) is 1. The van der Waals surface area contributed by atoms with Gasteiger partial charge in [-0.1, -0.05) is 6.92 Å². The van der Waals surface area contributed by atoms with Gasteiger partial charge in [0.25, 0.3) is 0 Å². The Hall–Kier alpha value is -0.750. The molecule has 1 unspecified atom stereocenters. The van der Waals surface area contributed by atoms with Gasteiger partial charge in [-0.3, -0.25) is 9.59 Å². The SMILES string of the molecule is CC(CC(=O)O)CC(=O)NCCSCCCO. The molecule has 0 aromatic carbocycles. The number of carbonyl (C=O) groups excluding carboxylic acids is 1. The second kappa shape index (κ2) is 10.4. The lowest BCUT2D eigenvalue weighted by Gasteiger charge is -2.09. The summed E-state index contributed by atoms with van der Waals surface area (Å²) in [5, 5.41) is 19.8. The van der Waals surface area contributed by atoms with Gasteiger partial charge in [-0.05, 0) is 18.1 Å². The number of aliphatic hydroxyl groups excluding tert-OH is 1. The molecule has 0 bridgehead atoms. The maximum Gasteiger partial charge on any atom is 0.303 e. The Morgan fingerprint density at radius 1 is 1.29 bits per heavy atom. The van der Waals surface area contributed by atoms with E-state index in [1.165, 1.54) is 0 Å². The van der Waals surface area contributed by atoms with Crippen LogP contribution in [0.3, 0.4) is 0 Å². The van der Waals surface area contributed by atoms with Crippen LogP contribution in [-0.4, -0.2) is 46.7 Å². The van der Waals surface area contributed by atoms with Crippen LogP contribution in [0.4, 0.5) is 0 Å². The summed E-state index contributed by atoms with van der Waals surface area (Å²) in [5.41, 5.74) is 0. The van der Waals surface area contributed by atoms with Crippen molar-refractivity contribution >= 4 is 23.6 Å². The fourth-order valence-electron chi connectivity index (χ4n) is 1.29. The monoisotopic (exact) mass is 263 g/mol. The van der Waals surface area contributed by atoms with Gasteiger partial charge < -0.3 is 15.5 Å². The highest BCUT2D eigenvalue weighted by atomic mass is 32.2. The van der Waals surface area contributed by atoms with Crippen molar-refractivity contribution in [1.29, 1.82) is 0 Å². The van der Waals surface area contributed by atoms with Crippen LogP contribution in [0.2, 0.25) is 0 Å². The summed E-state index contributed by atoms with van der Waals surface area (Å²) in [7, 11) is 0. The first-order valence-corrected chi connectivity index (χ1v) is 6.88. The van der Waals surface area contributed by atoms with Crippen molar-refractivity contribution in [2.75, 3.05) is 24.7 Å². The van der Waals surface area contributed by atoms with Crippen molar-refractivity contribution in [3.8, 4) is 0 Å². The van der Waals surface area contributed by atoms with E-state index in [0.29, 0.717) is 6.54 Å². The number of aliphatic hydroxyl groups is 1. The third-order valence-corrected chi connectivity index (χ3v) is 3.14. The van der Waals surface area contributed by atoms with Crippen molar-refractivity contribution in [3.63, 3.8) is 0 Å². The van der Waals surface area contributed by atoms with Gasteiger partial charge in [-0.15, -0.1) is 0 Å². The van der Waals surface area contributed by atoms with E-state index in [1.54, 1.807) is 18.7 Å². The molecule has 6 heteroatoms. The van der Waals surface area contributed by atoms with E-state index in [-0.39, 0.29) is 31.3 Å². The topological polar surface area (TPSA) is 86.6 Å². The predicted octanol–water partition coefficient (Wildman–Crippen LogP) is 0.719. The minimum Gasteiger partial charge on any atom is -0.481 e. The molecule has 0 rings (SSSR count). The van der Waals surface area contributed by atoms with Crippen LogP contribution < -0.4 is 5.32 Å². The molecule has 100 valence electrons. The van der Waals surface area contributed by atoms with E-state index < -0.39 is 5.97 Å². The molecule has 0 fully saturated rings. The predicted molar refractivity (Wildman–Crippen MR) is 68.1 cm³/mol. The van der Waals surface area contributed by atoms with E-state index >= 15 is 0 Å². The first kappa shape index (κ1) is 16.2. The molecule has 1 atom stereocenters. The van der Waals surface area contributed by atoms with Crippen molar-refractivity contribution in [1.82, 2.24) is 5.32 Å². The molecule has 17 heavy (non-hydrogen) atoms. The second-order valence-electron chi connectivity index (χ2n) is 3.95. The molecule has 3 N–H and O–H groups in total. The Balaban J connectivity index is 3.43. The molecular weight excluding hydrogens is 242 g/mol. The van der Waals surface area contributed by atoms with Gasteiger partial charge >= 0.3 is 5.97 Å². The van der Waals surface area contributed by atoms with Crippen molar-refractivity contribution in [3.05, 3.63) is 0 Å². The summed E-state index contributed by atoms with van der Waals surface area (Å²) in [6.07, 6.45) is 1.06. The third-order valence-electron chi connectivity index (χ3n) is 2.07. The average Bonchev–Trinajstić information content (AvgIpc) is 2.21. The van der Waals surface area contributed by atoms with Gasteiger partial charge in [0, 0.05) is 31.7 Å². The van der Waals surface area contributed by atoms with Crippen LogP contribution in [0, 0.1) is 5.92 Å². The van der Waals surface area contributed by atoms with E-state index in [1.807, 2.05) is 0 Å². The number of hydrogen-bond acceptors (Lipinski definition) is 4. The van der Waals surface area contributed by atoms with E-state index in [2.05, 4.69) is 5.32 Å². The van der Waals surface area contributed by atoms with Crippen molar-refractivity contribution < 1.29 is 19.8 Å². The summed E-state index contributed by atoms with van der Waals surface area (Å²) < 4.78 is 0. The molecule has 0 aromatic rings. The van der Waals surface area contributed by atoms with Crippen LogP contribution in [0.25, 0.3) is 0 Å². The van der Waals surface area contributed by atoms with Gasteiger partial charge in [0.05, 0.1) is 0 Å². The van der Waals surface area contributed by atoms with Crippen LogP contribution in [0.5, 0.6) is 0 Å². The molecule has 0 aliphatic rings. The van der Waals surface area contributed by atoms with Crippen molar-refractivity contribution in [2.45, 2.75) is 26.2 Å². The first-order chi connectivity index (χ1) is 8.06. The van der Waals surface area contributed by atoms with Gasteiger partial charge in [-0.2, -0.15) is 11.8 Å². The Labute approximate surface area is 106 Å². The zero-order chi connectivity index (χ0) is 13.1. The van der Waals surface area contributed by atoms with Gasteiger partial charge in [0.1, 0.15) is 0 Å². The molecule has 5 nitrogen and oxygen atoms in total. The molecule has 1 amide bonds. The molecule has 0 spiro atoms. The lowest BCUT2D eigenvalue weighted by atomic mass is 10.0. The molecular formula is C11H21NO4S. The Morgan fingerprint density at radius 2 is 2.00 bits per heavy atom. The summed E-state index contributed by atoms with van der Waals surface area (Å²) in [4.78, 5) is 21.8. The van der Waals surface area contributed by atoms with E-state index in [4.69, 9.17) is 10.2 Å². The summed E-state index contributed by atoms with van der Waals surface area (Å²) in [5.74, 6) is 0.613. The summed E-state index contributed by atoms with van der Waals surface area (Å²) in [6, 6.07) is 0. The van der Waals surface area contributed by atoms with Gasteiger partial charge in [-0.25, -0.2) is 0 Å². The summed E-state index contributed by atoms with van der Waals surface area (Å²) in [6.45, 7) is 2.55. The quantitative estimate of drug-likeness (QED) is 0.506. The maximum atomic E-state index is 11.4. The number of hydrogen-bond donors (Lipinski definition) is 3. The van der Waals surface area contributed by atoms with E-state index in [9.17, 15) is 9.59 Å². The fourth-order valence-corrected chi connectivity index (χ4v) is 2.07. The molecule has 0 aliphatic carbocycles. The molecule has 0 heterocycles. The Morgan fingerprint density at radius 3 is 2.59 bits per heavy atom. The smallest absolute Gasteiger partial charge is 0.303 e. The number of carboxylic acids is 1.